The summed E-state index contributed by atoms with van der Waals surface area (Å²) in [6, 6.07) is 0. The Balaban J connectivity index is 1.88. The summed E-state index contributed by atoms with van der Waals surface area (Å²) in [6.45, 7) is 0.883. The van der Waals surface area contributed by atoms with E-state index in [-0.39, 0.29) is 0 Å². The van der Waals surface area contributed by atoms with Crippen molar-refractivity contribution in [3.8, 4) is 0 Å². The Labute approximate surface area is 69.2 Å². The minimum atomic E-state index is 0.346. The second kappa shape index (κ2) is 2.05. The van der Waals surface area contributed by atoms with Crippen LogP contribution in [0.3, 0.4) is 0 Å². The molecule has 2 heterocycles. The molecule has 58 valence electrons. The van der Waals surface area contributed by atoms with Crippen LogP contribution in [0, 0.1) is 0 Å². The fourth-order valence-electron chi connectivity index (χ4n) is 1.19. The van der Waals surface area contributed by atoms with Crippen molar-refractivity contribution >= 4 is 11.3 Å². The van der Waals surface area contributed by atoms with Gasteiger partial charge in [-0.3, -0.25) is 0 Å². The van der Waals surface area contributed by atoms with Crippen LogP contribution in [0.5, 0.6) is 0 Å². The summed E-state index contributed by atoms with van der Waals surface area (Å²) >= 11 is 1.80. The smallest absolute Gasteiger partial charge is 0.124 e. The highest BCUT2D eigenvalue weighted by Crippen LogP contribution is 2.43. The monoisotopic (exact) mass is 167 g/mol. The third kappa shape index (κ3) is 1.08. The Bertz CT molecular complexity index is 249. The van der Waals surface area contributed by atoms with E-state index in [0.29, 0.717) is 6.10 Å². The lowest BCUT2D eigenvalue weighted by molar-refractivity contribution is 0.412. The maximum atomic E-state index is 5.15. The molecule has 1 saturated heterocycles. The van der Waals surface area contributed by atoms with E-state index in [1.807, 2.05) is 0 Å². The largest absolute Gasteiger partial charge is 0.366 e. The van der Waals surface area contributed by atoms with Crippen LogP contribution in [0.4, 0.5) is 0 Å². The highest BCUT2D eigenvalue weighted by Gasteiger charge is 2.31. The van der Waals surface area contributed by atoms with E-state index in [4.69, 9.17) is 4.74 Å². The summed E-state index contributed by atoms with van der Waals surface area (Å²) in [7, 11) is 0. The van der Waals surface area contributed by atoms with Crippen LogP contribution in [-0.4, -0.2) is 11.6 Å². The minimum absolute atomic E-state index is 0.346. The molecule has 1 aliphatic heterocycles. The summed E-state index contributed by atoms with van der Waals surface area (Å²) in [4.78, 5) is 4.53. The number of hydrogen-bond donors (Lipinski definition) is 0. The minimum Gasteiger partial charge on any atom is -0.366 e. The van der Waals surface area contributed by atoms with E-state index in [1.165, 1.54) is 17.8 Å². The summed E-state index contributed by atoms with van der Waals surface area (Å²) in [5, 5.41) is 3.47. The van der Waals surface area contributed by atoms with Gasteiger partial charge in [0.2, 0.25) is 0 Å². The molecule has 0 amide bonds. The van der Waals surface area contributed by atoms with E-state index in [0.717, 1.165) is 18.2 Å². The van der Waals surface area contributed by atoms with Crippen LogP contribution in [0.15, 0.2) is 5.38 Å². The van der Waals surface area contributed by atoms with Gasteiger partial charge in [0.1, 0.15) is 6.10 Å². The predicted molar refractivity (Wildman–Crippen MR) is 42.8 cm³/mol. The fraction of sp³-hybridized carbons (Fsp3) is 0.625. The van der Waals surface area contributed by atoms with Crippen molar-refractivity contribution in [2.24, 2.45) is 0 Å². The predicted octanol–water partition coefficient (Wildman–Crippen LogP) is 2.09. The Kier molecular flexibility index (Phi) is 1.14. The molecule has 2 fully saturated rings. The van der Waals surface area contributed by atoms with Crippen LogP contribution < -0.4 is 0 Å². The van der Waals surface area contributed by atoms with Gasteiger partial charge in [0.05, 0.1) is 17.3 Å². The Morgan fingerprint density at radius 1 is 1.55 bits per heavy atom. The van der Waals surface area contributed by atoms with Crippen LogP contribution in [0.25, 0.3) is 0 Å². The third-order valence-electron chi connectivity index (χ3n) is 2.13. The molecule has 3 rings (SSSR count). The zero-order valence-corrected chi connectivity index (χ0v) is 6.93. The molecule has 2 aliphatic rings. The number of epoxide rings is 1. The molecule has 1 aliphatic carbocycles. The average molecular weight is 167 g/mol. The van der Waals surface area contributed by atoms with Gasteiger partial charge in [-0.05, 0) is 12.8 Å². The number of aromatic nitrogens is 1. The first-order chi connectivity index (χ1) is 5.43. The highest BCUT2D eigenvalue weighted by atomic mass is 32.1. The zero-order valence-electron chi connectivity index (χ0n) is 6.12. The van der Waals surface area contributed by atoms with Gasteiger partial charge in [-0.15, -0.1) is 11.3 Å². The molecule has 0 aromatic carbocycles. The highest BCUT2D eigenvalue weighted by molar-refractivity contribution is 7.09. The average Bonchev–Trinajstić information content (AvgIpc) is 2.90. The number of rotatable bonds is 2. The molecule has 0 N–H and O–H groups in total. The van der Waals surface area contributed by atoms with E-state index in [9.17, 15) is 0 Å². The molecular weight excluding hydrogens is 158 g/mol. The topological polar surface area (TPSA) is 25.4 Å². The van der Waals surface area contributed by atoms with Crippen LogP contribution >= 0.6 is 11.3 Å². The van der Waals surface area contributed by atoms with Crippen molar-refractivity contribution in [3.05, 3.63) is 16.1 Å². The maximum absolute atomic E-state index is 5.15. The molecular formula is C8H9NOS. The molecule has 1 aromatic heterocycles. The number of hydrogen-bond acceptors (Lipinski definition) is 3. The second-order valence-corrected chi connectivity index (χ2v) is 4.10. The van der Waals surface area contributed by atoms with Gasteiger partial charge in [-0.1, -0.05) is 0 Å². The number of thiazole rings is 1. The van der Waals surface area contributed by atoms with E-state index in [1.54, 1.807) is 11.3 Å². The van der Waals surface area contributed by atoms with Crippen molar-refractivity contribution < 1.29 is 4.74 Å². The lowest BCUT2D eigenvalue weighted by Crippen LogP contribution is -1.81. The van der Waals surface area contributed by atoms with Gasteiger partial charge in [-0.2, -0.15) is 0 Å². The molecule has 1 aromatic rings. The Morgan fingerprint density at radius 3 is 3.00 bits per heavy atom. The van der Waals surface area contributed by atoms with Gasteiger partial charge in [0.15, 0.2) is 0 Å². The number of nitrogens with zero attached hydrogens (tertiary/aromatic N) is 1. The van der Waals surface area contributed by atoms with Gasteiger partial charge >= 0.3 is 0 Å². The van der Waals surface area contributed by atoms with Crippen molar-refractivity contribution in [1.82, 2.24) is 4.98 Å². The van der Waals surface area contributed by atoms with Crippen molar-refractivity contribution in [1.29, 1.82) is 0 Å². The normalized spacial score (nSPS) is 28.9. The van der Waals surface area contributed by atoms with Gasteiger partial charge in [-0.25, -0.2) is 4.98 Å². The molecule has 1 unspecified atom stereocenters. The molecule has 1 saturated carbocycles. The molecule has 0 bridgehead atoms. The van der Waals surface area contributed by atoms with Crippen LogP contribution in [-0.2, 0) is 4.74 Å². The molecule has 11 heavy (non-hydrogen) atoms. The van der Waals surface area contributed by atoms with Crippen molar-refractivity contribution in [2.45, 2.75) is 24.9 Å². The first-order valence-corrected chi connectivity index (χ1v) is 4.88. The first kappa shape index (κ1) is 6.14. The van der Waals surface area contributed by atoms with Crippen molar-refractivity contribution in [2.75, 3.05) is 6.61 Å². The standard InChI is InChI=1S/C8H9NOS/c1-2-5(1)8-9-6(4-11-8)7-3-10-7/h4-5,7H,1-3H2. The number of ether oxygens (including phenoxy) is 1. The Hall–Kier alpha value is -0.410. The van der Waals surface area contributed by atoms with Gasteiger partial charge < -0.3 is 4.74 Å². The van der Waals surface area contributed by atoms with E-state index in [2.05, 4.69) is 10.4 Å². The lowest BCUT2D eigenvalue weighted by atomic mass is 10.4. The van der Waals surface area contributed by atoms with Gasteiger partial charge in [0.25, 0.3) is 0 Å². The lowest BCUT2D eigenvalue weighted by Gasteiger charge is -1.85. The summed E-state index contributed by atoms with van der Waals surface area (Å²) < 4.78 is 5.15. The molecule has 0 spiro atoms. The second-order valence-electron chi connectivity index (χ2n) is 3.21. The molecule has 1 atom stereocenters. The fourth-order valence-corrected chi connectivity index (χ4v) is 2.22. The SMILES string of the molecule is c1sc(C2CC2)nc1C1CO1. The van der Waals surface area contributed by atoms with Crippen LogP contribution in [0.1, 0.15) is 35.6 Å². The summed E-state index contributed by atoms with van der Waals surface area (Å²) in [5.74, 6) is 0.799. The summed E-state index contributed by atoms with van der Waals surface area (Å²) in [5.41, 5.74) is 1.16. The first-order valence-electron chi connectivity index (χ1n) is 4.00. The van der Waals surface area contributed by atoms with E-state index >= 15 is 0 Å². The van der Waals surface area contributed by atoms with Crippen molar-refractivity contribution in [3.63, 3.8) is 0 Å². The zero-order chi connectivity index (χ0) is 7.26. The van der Waals surface area contributed by atoms with Gasteiger partial charge in [0, 0.05) is 11.3 Å². The Morgan fingerprint density at radius 2 is 2.36 bits per heavy atom. The molecule has 3 heteroatoms. The molecule has 2 nitrogen and oxygen atoms in total. The summed E-state index contributed by atoms with van der Waals surface area (Å²) in [6.07, 6.45) is 3.04. The third-order valence-corrected chi connectivity index (χ3v) is 3.15. The quantitative estimate of drug-likeness (QED) is 0.630. The van der Waals surface area contributed by atoms with Crippen LogP contribution in [0.2, 0.25) is 0 Å². The molecule has 0 radical (unpaired) electrons. The van der Waals surface area contributed by atoms with E-state index < -0.39 is 0 Å². The maximum Gasteiger partial charge on any atom is 0.124 e.